The van der Waals surface area contributed by atoms with Gasteiger partial charge in [-0.15, -0.1) is 11.3 Å². The maximum Gasteiger partial charge on any atom is 0.413 e. The lowest BCUT2D eigenvalue weighted by Gasteiger charge is -2.14. The van der Waals surface area contributed by atoms with E-state index in [0.717, 1.165) is 33.6 Å². The molecule has 1 saturated carbocycles. The van der Waals surface area contributed by atoms with Crippen LogP contribution >= 0.6 is 11.3 Å². The van der Waals surface area contributed by atoms with Crippen molar-refractivity contribution >= 4 is 34.4 Å². The van der Waals surface area contributed by atoms with Crippen LogP contribution in [0, 0.1) is 11.8 Å². The first-order valence-electron chi connectivity index (χ1n) is 10.6. The van der Waals surface area contributed by atoms with E-state index in [1.165, 1.54) is 5.38 Å². The highest BCUT2D eigenvalue weighted by atomic mass is 32.1. The molecule has 3 N–H and O–H groups in total. The highest BCUT2D eigenvalue weighted by molar-refractivity contribution is 7.14. The fraction of sp³-hybridized carbons (Fsp3) is 0.250. The Morgan fingerprint density at radius 1 is 1.06 bits per heavy atom. The van der Waals surface area contributed by atoms with Gasteiger partial charge in [0.15, 0.2) is 5.13 Å². The number of carboxylic acids is 1. The predicted molar refractivity (Wildman–Crippen MR) is 122 cm³/mol. The Balaban J connectivity index is 1.15. The van der Waals surface area contributed by atoms with Crippen molar-refractivity contribution in [1.29, 1.82) is 0 Å². The zero-order valence-electron chi connectivity index (χ0n) is 17.5. The van der Waals surface area contributed by atoms with Gasteiger partial charge < -0.3 is 15.2 Å². The Morgan fingerprint density at radius 3 is 2.36 bits per heavy atom. The number of nitrogens with one attached hydrogen (secondary N) is 2. The summed E-state index contributed by atoms with van der Waals surface area (Å²) in [5, 5.41) is 16.0. The van der Waals surface area contributed by atoms with Crippen LogP contribution in [0.2, 0.25) is 0 Å². The summed E-state index contributed by atoms with van der Waals surface area (Å²) >= 11 is 1.12. The van der Waals surface area contributed by atoms with Crippen molar-refractivity contribution in [2.75, 3.05) is 18.5 Å². The molecule has 1 fully saturated rings. The van der Waals surface area contributed by atoms with Gasteiger partial charge >= 0.3 is 12.1 Å². The zero-order chi connectivity index (χ0) is 22.9. The number of nitrogens with zero attached hydrogens (tertiary/aromatic N) is 1. The van der Waals surface area contributed by atoms with Crippen molar-refractivity contribution in [3.05, 3.63) is 70.7 Å². The van der Waals surface area contributed by atoms with Crippen molar-refractivity contribution < 1.29 is 24.2 Å². The molecule has 3 aromatic rings. The average molecular weight is 464 g/mol. The fourth-order valence-corrected chi connectivity index (χ4v) is 4.92. The van der Waals surface area contributed by atoms with Crippen LogP contribution in [0.1, 0.15) is 34.0 Å². The number of carbonyl (C=O) groups is 3. The Kier molecular flexibility index (Phi) is 5.55. The molecule has 5 rings (SSSR count). The molecule has 2 aromatic carbocycles. The van der Waals surface area contributed by atoms with Crippen LogP contribution in [0.25, 0.3) is 11.1 Å². The molecule has 1 heterocycles. The summed E-state index contributed by atoms with van der Waals surface area (Å²) in [6, 6.07) is 16.2. The standard InChI is InChI=1S/C24H21N3O5S/c28-21(25-10-13-9-18(13)22(29)30)20-12-33-23(26-20)27-24(31)32-11-19-16-7-3-1-5-14(16)15-6-2-4-8-17(15)19/h1-8,12-13,18-19H,9-11H2,(H,25,28)(H,29,30)(H,26,27,31). The molecule has 2 unspecified atom stereocenters. The molecule has 33 heavy (non-hydrogen) atoms. The van der Waals surface area contributed by atoms with Gasteiger partial charge in [0.05, 0.1) is 5.92 Å². The molecule has 1 aromatic heterocycles. The van der Waals surface area contributed by atoms with Gasteiger partial charge in [-0.3, -0.25) is 14.9 Å². The molecule has 0 spiro atoms. The third-order valence-electron chi connectivity index (χ3n) is 6.05. The van der Waals surface area contributed by atoms with E-state index in [4.69, 9.17) is 9.84 Å². The highest BCUT2D eigenvalue weighted by Gasteiger charge is 2.43. The summed E-state index contributed by atoms with van der Waals surface area (Å²) in [6.45, 7) is 0.479. The van der Waals surface area contributed by atoms with E-state index in [1.807, 2.05) is 36.4 Å². The van der Waals surface area contributed by atoms with Gasteiger partial charge in [0.2, 0.25) is 0 Å². The number of amides is 2. The Labute approximate surface area is 193 Å². The van der Waals surface area contributed by atoms with E-state index in [-0.39, 0.29) is 35.2 Å². The van der Waals surface area contributed by atoms with Crippen molar-refractivity contribution in [2.45, 2.75) is 12.3 Å². The number of aromatic nitrogens is 1. The molecular weight excluding hydrogens is 442 g/mol. The van der Waals surface area contributed by atoms with E-state index in [2.05, 4.69) is 27.8 Å². The van der Waals surface area contributed by atoms with Crippen LogP contribution in [-0.4, -0.2) is 41.2 Å². The molecule has 0 saturated heterocycles. The molecule has 2 atom stereocenters. The minimum atomic E-state index is -0.836. The van der Waals surface area contributed by atoms with Gasteiger partial charge in [-0.1, -0.05) is 48.5 Å². The summed E-state index contributed by atoms with van der Waals surface area (Å²) in [5.41, 5.74) is 4.72. The van der Waals surface area contributed by atoms with E-state index >= 15 is 0 Å². The van der Waals surface area contributed by atoms with Crippen LogP contribution in [0.3, 0.4) is 0 Å². The number of hydrogen-bond donors (Lipinski definition) is 3. The Hall–Kier alpha value is -3.72. The fourth-order valence-electron chi connectivity index (χ4n) is 4.25. The SMILES string of the molecule is O=C(Nc1nc(C(=O)NCC2CC2C(=O)O)cs1)OCC1c2ccccc2-c2ccccc21. The van der Waals surface area contributed by atoms with Crippen molar-refractivity contribution in [1.82, 2.24) is 10.3 Å². The lowest BCUT2D eigenvalue weighted by atomic mass is 9.98. The Bertz CT molecular complexity index is 1190. The number of aliphatic carboxylic acids is 1. The molecule has 2 amide bonds. The summed E-state index contributed by atoms with van der Waals surface area (Å²) < 4.78 is 5.50. The minimum Gasteiger partial charge on any atom is -0.481 e. The summed E-state index contributed by atoms with van der Waals surface area (Å²) in [6.07, 6.45) is -0.0678. The van der Waals surface area contributed by atoms with Gasteiger partial charge in [0, 0.05) is 17.8 Å². The first kappa shape index (κ1) is 21.1. The van der Waals surface area contributed by atoms with E-state index in [1.54, 1.807) is 0 Å². The number of hydrogen-bond acceptors (Lipinski definition) is 6. The third-order valence-corrected chi connectivity index (χ3v) is 6.81. The average Bonchev–Trinajstić information content (AvgIpc) is 3.35. The van der Waals surface area contributed by atoms with Crippen molar-refractivity contribution in [3.63, 3.8) is 0 Å². The molecule has 9 heteroatoms. The van der Waals surface area contributed by atoms with Gasteiger partial charge in [-0.05, 0) is 34.6 Å². The molecular formula is C24H21N3O5S. The second-order valence-corrected chi connectivity index (χ2v) is 9.00. The maximum atomic E-state index is 12.4. The molecule has 168 valence electrons. The monoisotopic (exact) mass is 463 g/mol. The lowest BCUT2D eigenvalue weighted by molar-refractivity contribution is -0.138. The van der Waals surface area contributed by atoms with Crippen molar-refractivity contribution in [2.24, 2.45) is 11.8 Å². The molecule has 0 aliphatic heterocycles. The molecule has 2 aliphatic rings. The second-order valence-electron chi connectivity index (χ2n) is 8.14. The van der Waals surface area contributed by atoms with E-state index in [0.29, 0.717) is 13.0 Å². The molecule has 8 nitrogen and oxygen atoms in total. The van der Waals surface area contributed by atoms with Crippen LogP contribution in [0.5, 0.6) is 0 Å². The largest absolute Gasteiger partial charge is 0.481 e. The quantitative estimate of drug-likeness (QED) is 0.488. The first-order chi connectivity index (χ1) is 16.0. The smallest absolute Gasteiger partial charge is 0.413 e. The normalized spacial score (nSPS) is 18.2. The number of rotatable bonds is 7. The van der Waals surface area contributed by atoms with Gasteiger partial charge in [-0.25, -0.2) is 9.78 Å². The summed E-state index contributed by atoms with van der Waals surface area (Å²) in [5.74, 6) is -1.70. The van der Waals surface area contributed by atoms with E-state index < -0.39 is 18.0 Å². The Morgan fingerprint density at radius 2 is 1.73 bits per heavy atom. The van der Waals surface area contributed by atoms with Gasteiger partial charge in [0.1, 0.15) is 12.3 Å². The third kappa shape index (κ3) is 4.31. The number of benzene rings is 2. The van der Waals surface area contributed by atoms with E-state index in [9.17, 15) is 14.4 Å². The van der Waals surface area contributed by atoms with Crippen LogP contribution in [-0.2, 0) is 9.53 Å². The predicted octanol–water partition coefficient (Wildman–Crippen LogP) is 3.95. The van der Waals surface area contributed by atoms with Crippen LogP contribution < -0.4 is 10.6 Å². The minimum absolute atomic E-state index is 0.0384. The zero-order valence-corrected chi connectivity index (χ0v) is 18.3. The molecule has 0 radical (unpaired) electrons. The van der Waals surface area contributed by atoms with Gasteiger partial charge in [0.25, 0.3) is 5.91 Å². The number of carboxylic acid groups (broad SMARTS) is 1. The number of ether oxygens (including phenoxy) is 1. The highest BCUT2D eigenvalue weighted by Crippen LogP contribution is 2.44. The summed E-state index contributed by atoms with van der Waals surface area (Å²) in [7, 11) is 0. The van der Waals surface area contributed by atoms with Gasteiger partial charge in [-0.2, -0.15) is 0 Å². The summed E-state index contributed by atoms with van der Waals surface area (Å²) in [4.78, 5) is 39.6. The number of anilines is 1. The van der Waals surface area contributed by atoms with Crippen molar-refractivity contribution in [3.8, 4) is 11.1 Å². The topological polar surface area (TPSA) is 118 Å². The van der Waals surface area contributed by atoms with Crippen LogP contribution in [0.15, 0.2) is 53.9 Å². The lowest BCUT2D eigenvalue weighted by Crippen LogP contribution is -2.26. The number of fused-ring (bicyclic) bond motifs is 3. The molecule has 2 aliphatic carbocycles. The van der Waals surface area contributed by atoms with Crippen LogP contribution in [0.4, 0.5) is 9.93 Å². The molecule has 0 bridgehead atoms. The number of thiazole rings is 1. The maximum absolute atomic E-state index is 12.4. The second kappa shape index (κ2) is 8.67. The number of carbonyl (C=O) groups excluding carboxylic acids is 2. The first-order valence-corrected chi connectivity index (χ1v) is 11.5.